The minimum absolute atomic E-state index is 0.236. The lowest BCUT2D eigenvalue weighted by molar-refractivity contribution is 0.0786. The minimum Gasteiger partial charge on any atom is -0.504 e. The number of thiophene rings is 1. The molecule has 0 bridgehead atoms. The number of hydrogen-bond acceptors (Lipinski definition) is 4. The average Bonchev–Trinajstić information content (AvgIpc) is 2.77. The monoisotopic (exact) mass is 297 g/mol. The van der Waals surface area contributed by atoms with Crippen molar-refractivity contribution in [2.24, 2.45) is 0 Å². The summed E-state index contributed by atoms with van der Waals surface area (Å²) in [4.78, 5) is 14.6. The summed E-state index contributed by atoms with van der Waals surface area (Å²) in [5.74, 6) is -0.789. The van der Waals surface area contributed by atoms with Gasteiger partial charge in [0.25, 0.3) is 5.91 Å². The van der Waals surface area contributed by atoms with Crippen molar-refractivity contribution >= 4 is 28.8 Å². The van der Waals surface area contributed by atoms with Crippen molar-refractivity contribution in [3.63, 3.8) is 0 Å². The zero-order valence-electron chi connectivity index (χ0n) is 10.1. The lowest BCUT2D eigenvalue weighted by Crippen LogP contribution is -2.25. The van der Waals surface area contributed by atoms with Crippen molar-refractivity contribution in [1.82, 2.24) is 4.90 Å². The Bertz CT molecular complexity index is 612. The molecule has 100 valence electrons. The van der Waals surface area contributed by atoms with Gasteiger partial charge in [0.05, 0.1) is 10.9 Å². The van der Waals surface area contributed by atoms with Gasteiger partial charge in [-0.25, -0.2) is 0 Å². The summed E-state index contributed by atoms with van der Waals surface area (Å²) in [5, 5.41) is 18.6. The van der Waals surface area contributed by atoms with E-state index in [9.17, 15) is 15.0 Å². The van der Waals surface area contributed by atoms with Gasteiger partial charge in [0.1, 0.15) is 0 Å². The Morgan fingerprint density at radius 2 is 2.00 bits per heavy atom. The molecule has 6 heteroatoms. The zero-order valence-corrected chi connectivity index (χ0v) is 11.7. The Labute approximate surface area is 119 Å². The largest absolute Gasteiger partial charge is 0.504 e. The topological polar surface area (TPSA) is 60.8 Å². The number of carbonyl (C=O) groups is 1. The SMILES string of the molecule is CN(Cc1ccc(Cl)s1)C(=O)c1ccc(O)c(O)c1. The molecule has 2 N–H and O–H groups in total. The number of nitrogens with zero attached hydrogens (tertiary/aromatic N) is 1. The molecule has 0 aliphatic carbocycles. The zero-order chi connectivity index (χ0) is 14.0. The third-order valence-corrected chi connectivity index (χ3v) is 3.81. The quantitative estimate of drug-likeness (QED) is 0.856. The molecule has 0 radical (unpaired) electrons. The molecule has 1 amide bonds. The highest BCUT2D eigenvalue weighted by Crippen LogP contribution is 2.26. The van der Waals surface area contributed by atoms with Crippen LogP contribution in [0.2, 0.25) is 4.34 Å². The van der Waals surface area contributed by atoms with E-state index in [1.54, 1.807) is 13.1 Å². The molecule has 1 aromatic heterocycles. The van der Waals surface area contributed by atoms with Crippen LogP contribution in [0.15, 0.2) is 30.3 Å². The predicted molar refractivity (Wildman–Crippen MR) is 74.9 cm³/mol. The summed E-state index contributed by atoms with van der Waals surface area (Å²) in [6.45, 7) is 0.442. The third-order valence-electron chi connectivity index (χ3n) is 2.59. The van der Waals surface area contributed by atoms with E-state index in [0.717, 1.165) is 4.88 Å². The molecule has 0 saturated heterocycles. The molecular formula is C13H12ClNO3S. The maximum Gasteiger partial charge on any atom is 0.254 e. The van der Waals surface area contributed by atoms with Crippen molar-refractivity contribution in [1.29, 1.82) is 0 Å². The molecular weight excluding hydrogens is 286 g/mol. The summed E-state index contributed by atoms with van der Waals surface area (Å²) in [7, 11) is 1.67. The van der Waals surface area contributed by atoms with Gasteiger partial charge in [-0.1, -0.05) is 11.6 Å². The van der Waals surface area contributed by atoms with Crippen LogP contribution in [-0.2, 0) is 6.54 Å². The fourth-order valence-electron chi connectivity index (χ4n) is 1.62. The van der Waals surface area contributed by atoms with Crippen LogP contribution in [0, 0.1) is 0 Å². The number of benzene rings is 1. The van der Waals surface area contributed by atoms with Crippen molar-refractivity contribution < 1.29 is 15.0 Å². The molecule has 19 heavy (non-hydrogen) atoms. The molecule has 0 atom stereocenters. The van der Waals surface area contributed by atoms with Gasteiger partial charge < -0.3 is 15.1 Å². The number of hydrogen-bond donors (Lipinski definition) is 2. The van der Waals surface area contributed by atoms with Gasteiger partial charge in [-0.3, -0.25) is 4.79 Å². The van der Waals surface area contributed by atoms with Gasteiger partial charge in [0, 0.05) is 17.5 Å². The van der Waals surface area contributed by atoms with Crippen molar-refractivity contribution in [2.75, 3.05) is 7.05 Å². The third kappa shape index (κ3) is 3.19. The van der Waals surface area contributed by atoms with Crippen LogP contribution < -0.4 is 0 Å². The number of carbonyl (C=O) groups excluding carboxylic acids is 1. The second-order valence-electron chi connectivity index (χ2n) is 4.07. The van der Waals surface area contributed by atoms with E-state index in [1.165, 1.54) is 34.4 Å². The standard InChI is InChI=1S/C13H12ClNO3S/c1-15(7-9-3-5-12(14)19-9)13(18)8-2-4-10(16)11(17)6-8/h2-6,16-17H,7H2,1H3. The second kappa shape index (κ2) is 5.50. The summed E-state index contributed by atoms with van der Waals surface area (Å²) < 4.78 is 0.679. The fourth-order valence-corrected chi connectivity index (χ4v) is 2.76. The Morgan fingerprint density at radius 3 is 2.58 bits per heavy atom. The molecule has 0 fully saturated rings. The first-order valence-corrected chi connectivity index (χ1v) is 6.68. The van der Waals surface area contributed by atoms with Crippen molar-refractivity contribution in [3.8, 4) is 11.5 Å². The van der Waals surface area contributed by atoms with E-state index in [-0.39, 0.29) is 17.4 Å². The number of amides is 1. The van der Waals surface area contributed by atoms with E-state index in [1.807, 2.05) is 6.07 Å². The van der Waals surface area contributed by atoms with Gasteiger partial charge >= 0.3 is 0 Å². The molecule has 0 saturated carbocycles. The van der Waals surface area contributed by atoms with Gasteiger partial charge in [0.2, 0.25) is 0 Å². The lowest BCUT2D eigenvalue weighted by Gasteiger charge is -2.16. The Kier molecular flexibility index (Phi) is 3.97. The maximum absolute atomic E-state index is 12.1. The second-order valence-corrected chi connectivity index (χ2v) is 5.87. The summed E-state index contributed by atoms with van der Waals surface area (Å²) in [6.07, 6.45) is 0. The van der Waals surface area contributed by atoms with Crippen LogP contribution in [0.1, 0.15) is 15.2 Å². The molecule has 2 aromatic rings. The van der Waals surface area contributed by atoms with E-state index in [4.69, 9.17) is 11.6 Å². The Balaban J connectivity index is 2.12. The lowest BCUT2D eigenvalue weighted by atomic mass is 10.2. The van der Waals surface area contributed by atoms with E-state index in [2.05, 4.69) is 0 Å². The van der Waals surface area contributed by atoms with Crippen LogP contribution in [0.4, 0.5) is 0 Å². The van der Waals surface area contributed by atoms with Gasteiger partial charge in [-0.05, 0) is 30.3 Å². The molecule has 4 nitrogen and oxygen atoms in total. The molecule has 0 spiro atoms. The highest BCUT2D eigenvalue weighted by atomic mass is 35.5. The number of phenols is 2. The highest BCUT2D eigenvalue weighted by Gasteiger charge is 2.14. The van der Waals surface area contributed by atoms with E-state index < -0.39 is 0 Å². The van der Waals surface area contributed by atoms with Crippen LogP contribution in [-0.4, -0.2) is 28.1 Å². The first-order valence-electron chi connectivity index (χ1n) is 5.49. The number of rotatable bonds is 3. The molecule has 0 aliphatic heterocycles. The van der Waals surface area contributed by atoms with E-state index in [0.29, 0.717) is 16.4 Å². The Hall–Kier alpha value is -1.72. The predicted octanol–water partition coefficient (Wildman–Crippen LogP) is 3.08. The van der Waals surface area contributed by atoms with Crippen LogP contribution in [0.25, 0.3) is 0 Å². The van der Waals surface area contributed by atoms with Gasteiger partial charge in [0.15, 0.2) is 11.5 Å². The van der Waals surface area contributed by atoms with Crippen molar-refractivity contribution in [3.05, 3.63) is 45.1 Å². The van der Waals surface area contributed by atoms with Crippen LogP contribution in [0.3, 0.4) is 0 Å². The summed E-state index contributed by atoms with van der Waals surface area (Å²) in [5.41, 5.74) is 0.320. The minimum atomic E-state index is -0.307. The fraction of sp³-hybridized carbons (Fsp3) is 0.154. The van der Waals surface area contributed by atoms with Crippen LogP contribution in [0.5, 0.6) is 11.5 Å². The number of halogens is 1. The molecule has 0 aliphatic rings. The molecule has 0 unspecified atom stereocenters. The first-order chi connectivity index (χ1) is 8.97. The van der Waals surface area contributed by atoms with Gasteiger partial charge in [-0.15, -0.1) is 11.3 Å². The molecule has 2 rings (SSSR count). The Morgan fingerprint density at radius 1 is 1.26 bits per heavy atom. The smallest absolute Gasteiger partial charge is 0.254 e. The summed E-state index contributed by atoms with van der Waals surface area (Å²) in [6, 6.07) is 7.65. The number of aromatic hydroxyl groups is 2. The molecule has 1 aromatic carbocycles. The first kappa shape index (κ1) is 13.7. The highest BCUT2D eigenvalue weighted by molar-refractivity contribution is 7.16. The summed E-state index contributed by atoms with van der Waals surface area (Å²) >= 11 is 7.25. The van der Waals surface area contributed by atoms with Crippen molar-refractivity contribution in [2.45, 2.75) is 6.54 Å². The maximum atomic E-state index is 12.1. The van der Waals surface area contributed by atoms with Gasteiger partial charge in [-0.2, -0.15) is 0 Å². The van der Waals surface area contributed by atoms with E-state index >= 15 is 0 Å². The normalized spacial score (nSPS) is 10.4. The van der Waals surface area contributed by atoms with Crippen LogP contribution >= 0.6 is 22.9 Å². The molecule has 1 heterocycles. The average molecular weight is 298 g/mol. The number of phenolic OH excluding ortho intramolecular Hbond substituents is 2.